The highest BCUT2D eigenvalue weighted by molar-refractivity contribution is 9.09. The largest absolute Gasteiger partial charge is 0.490 e. The van der Waals surface area contributed by atoms with Crippen molar-refractivity contribution in [3.8, 4) is 11.5 Å². The number of ether oxygens (including phenoxy) is 2. The summed E-state index contributed by atoms with van der Waals surface area (Å²) in [5.41, 5.74) is 0.348. The molecule has 1 aromatic rings. The molecule has 0 unspecified atom stereocenters. The van der Waals surface area contributed by atoms with Gasteiger partial charge in [-0.25, -0.2) is 0 Å². The van der Waals surface area contributed by atoms with E-state index in [2.05, 4.69) is 20.7 Å². The zero-order chi connectivity index (χ0) is 12.7. The van der Waals surface area contributed by atoms with Gasteiger partial charge in [-0.3, -0.25) is 4.79 Å². The molecular weight excluding hydrogens is 298 g/mol. The number of hydrogen-bond acceptors (Lipinski definition) is 3. The molecule has 0 amide bonds. The van der Waals surface area contributed by atoms with Gasteiger partial charge < -0.3 is 9.47 Å². The Labute approximate surface area is 106 Å². The Morgan fingerprint density at radius 3 is 2.71 bits per heavy atom. The monoisotopic (exact) mass is 308 g/mol. The fraction of sp³-hybridized carbons (Fsp3) is 0.364. The SMILES string of the molecule is O=Cc1ccc(OC(F)F)c(OCCCBr)c1. The molecule has 0 N–H and O–H groups in total. The second-order valence-electron chi connectivity index (χ2n) is 3.09. The van der Waals surface area contributed by atoms with Crippen molar-refractivity contribution in [2.75, 3.05) is 11.9 Å². The fourth-order valence-electron chi connectivity index (χ4n) is 1.14. The van der Waals surface area contributed by atoms with E-state index >= 15 is 0 Å². The molecule has 94 valence electrons. The molecular formula is C11H11BrF2O3. The van der Waals surface area contributed by atoms with E-state index in [1.54, 1.807) is 0 Å². The lowest BCUT2D eigenvalue weighted by atomic mass is 10.2. The lowest BCUT2D eigenvalue weighted by Gasteiger charge is -2.12. The van der Waals surface area contributed by atoms with Gasteiger partial charge in [0.25, 0.3) is 0 Å². The molecule has 0 saturated heterocycles. The quantitative estimate of drug-likeness (QED) is 0.440. The number of alkyl halides is 3. The molecule has 0 radical (unpaired) electrons. The summed E-state index contributed by atoms with van der Waals surface area (Å²) in [7, 11) is 0. The summed E-state index contributed by atoms with van der Waals surface area (Å²) in [6.07, 6.45) is 1.34. The van der Waals surface area contributed by atoms with Crippen LogP contribution in [0.4, 0.5) is 8.78 Å². The van der Waals surface area contributed by atoms with Crippen LogP contribution in [0.2, 0.25) is 0 Å². The smallest absolute Gasteiger partial charge is 0.387 e. The Bertz CT molecular complexity index is 372. The minimum Gasteiger partial charge on any atom is -0.490 e. The number of benzene rings is 1. The van der Waals surface area contributed by atoms with Crippen LogP contribution in [0.1, 0.15) is 16.8 Å². The predicted molar refractivity (Wildman–Crippen MR) is 62.4 cm³/mol. The van der Waals surface area contributed by atoms with Crippen molar-refractivity contribution >= 4 is 22.2 Å². The molecule has 6 heteroatoms. The first-order chi connectivity index (χ1) is 8.17. The van der Waals surface area contributed by atoms with E-state index in [-0.39, 0.29) is 11.5 Å². The Hall–Kier alpha value is -1.17. The second-order valence-corrected chi connectivity index (χ2v) is 3.89. The molecule has 3 nitrogen and oxygen atoms in total. The standard InChI is InChI=1S/C11H11BrF2O3/c12-4-1-5-16-10-6-8(7-15)2-3-9(10)17-11(13)14/h2-3,6-7,11H,1,4-5H2. The van der Waals surface area contributed by atoms with Crippen molar-refractivity contribution in [1.82, 2.24) is 0 Å². The average molecular weight is 309 g/mol. The molecule has 1 aromatic carbocycles. The molecule has 0 saturated carbocycles. The van der Waals surface area contributed by atoms with Gasteiger partial charge >= 0.3 is 6.61 Å². The Kier molecular flexibility index (Phi) is 5.90. The van der Waals surface area contributed by atoms with Crippen LogP contribution in [0.5, 0.6) is 11.5 Å². The molecule has 1 rings (SSSR count). The molecule has 0 fully saturated rings. The molecule has 0 aliphatic heterocycles. The number of carbonyl (C=O) groups is 1. The van der Waals surface area contributed by atoms with Gasteiger partial charge in [-0.05, 0) is 24.6 Å². The molecule has 0 aliphatic carbocycles. The molecule has 0 aliphatic rings. The highest BCUT2D eigenvalue weighted by atomic mass is 79.9. The van der Waals surface area contributed by atoms with Crippen molar-refractivity contribution < 1.29 is 23.0 Å². The number of aldehydes is 1. The number of halogens is 3. The summed E-state index contributed by atoms with van der Waals surface area (Å²) < 4.78 is 33.8. The maximum absolute atomic E-state index is 12.1. The van der Waals surface area contributed by atoms with Crippen LogP contribution in [0.3, 0.4) is 0 Å². The third-order valence-electron chi connectivity index (χ3n) is 1.86. The van der Waals surface area contributed by atoms with E-state index in [0.29, 0.717) is 18.5 Å². The highest BCUT2D eigenvalue weighted by Gasteiger charge is 2.11. The van der Waals surface area contributed by atoms with Crippen molar-refractivity contribution in [2.45, 2.75) is 13.0 Å². The van der Waals surface area contributed by atoms with Crippen LogP contribution in [0.15, 0.2) is 18.2 Å². The summed E-state index contributed by atoms with van der Waals surface area (Å²) in [5.74, 6) is 0.0797. The van der Waals surface area contributed by atoms with Gasteiger partial charge in [0.15, 0.2) is 11.5 Å². The molecule has 0 bridgehead atoms. The van der Waals surface area contributed by atoms with E-state index in [1.165, 1.54) is 18.2 Å². The Morgan fingerprint density at radius 1 is 1.35 bits per heavy atom. The Morgan fingerprint density at radius 2 is 2.12 bits per heavy atom. The first-order valence-electron chi connectivity index (χ1n) is 4.90. The zero-order valence-corrected chi connectivity index (χ0v) is 10.5. The van der Waals surface area contributed by atoms with Gasteiger partial charge in [0.2, 0.25) is 0 Å². The first kappa shape index (κ1) is 13.9. The molecule has 17 heavy (non-hydrogen) atoms. The molecule has 0 aromatic heterocycles. The normalized spacial score (nSPS) is 10.4. The topological polar surface area (TPSA) is 35.5 Å². The van der Waals surface area contributed by atoms with Crippen LogP contribution < -0.4 is 9.47 Å². The third kappa shape index (κ3) is 4.68. The summed E-state index contributed by atoms with van der Waals surface area (Å²) in [6, 6.07) is 4.06. The first-order valence-corrected chi connectivity index (χ1v) is 6.02. The van der Waals surface area contributed by atoms with Gasteiger partial charge in [-0.1, -0.05) is 15.9 Å². The Balaban J connectivity index is 2.82. The van der Waals surface area contributed by atoms with Crippen LogP contribution in [0.25, 0.3) is 0 Å². The summed E-state index contributed by atoms with van der Waals surface area (Å²) in [5, 5.41) is 0.741. The van der Waals surface area contributed by atoms with Crippen LogP contribution in [-0.2, 0) is 0 Å². The van der Waals surface area contributed by atoms with Gasteiger partial charge in [0, 0.05) is 10.9 Å². The molecule has 0 spiro atoms. The zero-order valence-electron chi connectivity index (χ0n) is 8.87. The van der Waals surface area contributed by atoms with Crippen LogP contribution >= 0.6 is 15.9 Å². The van der Waals surface area contributed by atoms with E-state index in [1.807, 2.05) is 0 Å². The summed E-state index contributed by atoms with van der Waals surface area (Å²) in [4.78, 5) is 10.6. The lowest BCUT2D eigenvalue weighted by molar-refractivity contribution is -0.0514. The van der Waals surface area contributed by atoms with Crippen molar-refractivity contribution in [1.29, 1.82) is 0 Å². The summed E-state index contributed by atoms with van der Waals surface area (Å²) >= 11 is 3.22. The lowest BCUT2D eigenvalue weighted by Crippen LogP contribution is -2.06. The summed E-state index contributed by atoms with van der Waals surface area (Å²) in [6.45, 7) is -2.57. The van der Waals surface area contributed by atoms with Gasteiger partial charge in [-0.2, -0.15) is 8.78 Å². The molecule has 0 atom stereocenters. The van der Waals surface area contributed by atoms with Crippen molar-refractivity contribution in [3.63, 3.8) is 0 Å². The predicted octanol–water partition coefficient (Wildman–Crippen LogP) is 3.26. The second kappa shape index (κ2) is 7.21. The third-order valence-corrected chi connectivity index (χ3v) is 2.42. The number of hydrogen-bond donors (Lipinski definition) is 0. The van der Waals surface area contributed by atoms with Gasteiger partial charge in [0.05, 0.1) is 6.61 Å². The van der Waals surface area contributed by atoms with Gasteiger partial charge in [0.1, 0.15) is 6.29 Å². The van der Waals surface area contributed by atoms with E-state index < -0.39 is 6.61 Å². The van der Waals surface area contributed by atoms with Gasteiger partial charge in [-0.15, -0.1) is 0 Å². The van der Waals surface area contributed by atoms with Crippen molar-refractivity contribution in [2.24, 2.45) is 0 Å². The maximum atomic E-state index is 12.1. The van der Waals surface area contributed by atoms with E-state index in [0.717, 1.165) is 11.8 Å². The number of rotatable bonds is 7. The van der Waals surface area contributed by atoms with Crippen LogP contribution in [0, 0.1) is 0 Å². The minimum absolute atomic E-state index is 0.0693. The van der Waals surface area contributed by atoms with E-state index in [4.69, 9.17) is 4.74 Å². The van der Waals surface area contributed by atoms with Crippen molar-refractivity contribution in [3.05, 3.63) is 23.8 Å². The highest BCUT2D eigenvalue weighted by Crippen LogP contribution is 2.29. The minimum atomic E-state index is -2.92. The number of carbonyl (C=O) groups excluding carboxylic acids is 1. The van der Waals surface area contributed by atoms with Crippen LogP contribution in [-0.4, -0.2) is 24.8 Å². The maximum Gasteiger partial charge on any atom is 0.387 e. The molecule has 0 heterocycles. The average Bonchev–Trinajstić information content (AvgIpc) is 2.30. The fourth-order valence-corrected chi connectivity index (χ4v) is 1.37. The van der Waals surface area contributed by atoms with E-state index in [9.17, 15) is 13.6 Å².